The molecule has 3 aromatic rings. The molecule has 0 spiro atoms. The summed E-state index contributed by atoms with van der Waals surface area (Å²) in [5.41, 5.74) is 1.15. The summed E-state index contributed by atoms with van der Waals surface area (Å²) in [6.45, 7) is 5.51. The highest BCUT2D eigenvalue weighted by Gasteiger charge is 2.30. The SMILES string of the molecule is CSc1nn2c(N3CCN(C)CC3)cc(C)nc2c1S(=O)(=O)c1ccc(Br)cc1. The van der Waals surface area contributed by atoms with E-state index < -0.39 is 9.84 Å². The fraction of sp³-hybridized carbons (Fsp3) is 0.368. The van der Waals surface area contributed by atoms with E-state index in [1.807, 2.05) is 19.2 Å². The molecule has 29 heavy (non-hydrogen) atoms. The molecule has 0 saturated carbocycles. The van der Waals surface area contributed by atoms with Gasteiger partial charge in [-0.15, -0.1) is 11.8 Å². The maximum Gasteiger partial charge on any atom is 0.213 e. The largest absolute Gasteiger partial charge is 0.354 e. The van der Waals surface area contributed by atoms with Crippen molar-refractivity contribution in [3.05, 3.63) is 40.5 Å². The molecule has 3 heterocycles. The van der Waals surface area contributed by atoms with Crippen LogP contribution in [0.25, 0.3) is 5.65 Å². The zero-order valence-corrected chi connectivity index (χ0v) is 19.7. The predicted octanol–water partition coefficient (Wildman–Crippen LogP) is 3.11. The molecule has 0 aliphatic carbocycles. The van der Waals surface area contributed by atoms with Gasteiger partial charge in [-0.2, -0.15) is 9.61 Å². The number of piperazine rings is 1. The second-order valence-electron chi connectivity index (χ2n) is 7.08. The number of rotatable bonds is 4. The number of anilines is 1. The molecular weight excluding hydrogens is 474 g/mol. The molecule has 0 bridgehead atoms. The highest BCUT2D eigenvalue weighted by Crippen LogP contribution is 2.34. The summed E-state index contributed by atoms with van der Waals surface area (Å²) in [4.78, 5) is 9.51. The summed E-state index contributed by atoms with van der Waals surface area (Å²) in [7, 11) is -1.66. The van der Waals surface area contributed by atoms with Gasteiger partial charge in [0.1, 0.15) is 10.8 Å². The molecule has 1 aliphatic rings. The van der Waals surface area contributed by atoms with Gasteiger partial charge in [-0.25, -0.2) is 13.4 Å². The first-order chi connectivity index (χ1) is 13.8. The minimum atomic E-state index is -3.77. The predicted molar refractivity (Wildman–Crippen MR) is 119 cm³/mol. The van der Waals surface area contributed by atoms with Crippen LogP contribution in [0.4, 0.5) is 5.82 Å². The van der Waals surface area contributed by atoms with Crippen molar-refractivity contribution >= 4 is 49.0 Å². The third-order valence-electron chi connectivity index (χ3n) is 5.04. The zero-order valence-electron chi connectivity index (χ0n) is 16.5. The van der Waals surface area contributed by atoms with Gasteiger partial charge in [0, 0.05) is 42.4 Å². The van der Waals surface area contributed by atoms with E-state index in [1.165, 1.54) is 11.8 Å². The lowest BCUT2D eigenvalue weighted by molar-refractivity contribution is 0.311. The second kappa shape index (κ2) is 7.90. The number of sulfone groups is 1. The van der Waals surface area contributed by atoms with Crippen molar-refractivity contribution in [1.82, 2.24) is 19.5 Å². The molecule has 0 unspecified atom stereocenters. The van der Waals surface area contributed by atoms with Crippen LogP contribution in [0.3, 0.4) is 0 Å². The topological polar surface area (TPSA) is 70.8 Å². The molecule has 4 rings (SSSR count). The number of nitrogens with zero attached hydrogens (tertiary/aromatic N) is 5. The number of hydrogen-bond acceptors (Lipinski definition) is 7. The Morgan fingerprint density at radius 1 is 1.10 bits per heavy atom. The highest BCUT2D eigenvalue weighted by molar-refractivity contribution is 9.10. The summed E-state index contributed by atoms with van der Waals surface area (Å²) >= 11 is 4.68. The first-order valence-corrected chi connectivity index (χ1v) is 12.7. The van der Waals surface area contributed by atoms with Crippen LogP contribution in [0.5, 0.6) is 0 Å². The number of aryl methyl sites for hydroxylation is 1. The van der Waals surface area contributed by atoms with Gasteiger partial charge in [-0.05, 0) is 44.5 Å². The molecule has 1 saturated heterocycles. The number of likely N-dealkylation sites (N-methyl/N-ethyl adjacent to an activating group) is 1. The molecular formula is C19H22BrN5O2S2. The molecule has 0 radical (unpaired) electrons. The van der Waals surface area contributed by atoms with Crippen molar-refractivity contribution in [2.45, 2.75) is 21.7 Å². The van der Waals surface area contributed by atoms with Gasteiger partial charge < -0.3 is 9.80 Å². The van der Waals surface area contributed by atoms with Crippen LogP contribution in [0.2, 0.25) is 0 Å². The minimum absolute atomic E-state index is 0.173. The lowest BCUT2D eigenvalue weighted by Crippen LogP contribution is -2.45. The fourth-order valence-electron chi connectivity index (χ4n) is 3.44. The summed E-state index contributed by atoms with van der Waals surface area (Å²) in [5, 5.41) is 5.11. The summed E-state index contributed by atoms with van der Waals surface area (Å²) in [5.74, 6) is 0.883. The number of aromatic nitrogens is 3. The lowest BCUT2D eigenvalue weighted by atomic mass is 10.3. The molecule has 0 amide bonds. The highest BCUT2D eigenvalue weighted by atomic mass is 79.9. The van der Waals surface area contributed by atoms with Gasteiger partial charge in [0.2, 0.25) is 9.84 Å². The van der Waals surface area contributed by atoms with Crippen LogP contribution >= 0.6 is 27.7 Å². The molecule has 1 aliphatic heterocycles. The standard InChI is InChI=1S/C19H22BrN5O2S2/c1-13-12-16(24-10-8-23(2)9-11-24)25-18(21-13)17(19(22-25)28-3)29(26,27)15-6-4-14(20)5-7-15/h4-7,12H,8-11H2,1-3H3. The maximum absolute atomic E-state index is 13.5. The van der Waals surface area contributed by atoms with Crippen molar-refractivity contribution in [2.75, 3.05) is 44.4 Å². The Morgan fingerprint density at radius 2 is 1.76 bits per heavy atom. The molecule has 0 atom stereocenters. The molecule has 1 aromatic carbocycles. The average Bonchev–Trinajstić information content (AvgIpc) is 3.07. The summed E-state index contributed by atoms with van der Waals surface area (Å²) < 4.78 is 29.5. The Morgan fingerprint density at radius 3 is 2.38 bits per heavy atom. The third kappa shape index (κ3) is 3.78. The van der Waals surface area contributed by atoms with E-state index in [4.69, 9.17) is 0 Å². The van der Waals surface area contributed by atoms with Crippen LogP contribution < -0.4 is 4.90 Å². The Kier molecular flexibility index (Phi) is 5.62. The fourth-order valence-corrected chi connectivity index (χ4v) is 6.10. The van der Waals surface area contributed by atoms with Gasteiger partial charge in [0.25, 0.3) is 0 Å². The maximum atomic E-state index is 13.5. The number of thioether (sulfide) groups is 1. The number of fused-ring (bicyclic) bond motifs is 1. The zero-order chi connectivity index (χ0) is 20.8. The number of halogens is 1. The lowest BCUT2D eigenvalue weighted by Gasteiger charge is -2.34. The number of benzene rings is 1. The van der Waals surface area contributed by atoms with E-state index in [2.05, 4.69) is 42.9 Å². The van der Waals surface area contributed by atoms with E-state index in [0.717, 1.165) is 42.2 Å². The summed E-state index contributed by atoms with van der Waals surface area (Å²) in [6.07, 6.45) is 1.84. The molecule has 7 nitrogen and oxygen atoms in total. The average molecular weight is 496 g/mol. The van der Waals surface area contributed by atoms with Gasteiger partial charge in [-0.1, -0.05) is 15.9 Å². The van der Waals surface area contributed by atoms with E-state index in [1.54, 1.807) is 28.8 Å². The smallest absolute Gasteiger partial charge is 0.213 e. The van der Waals surface area contributed by atoms with E-state index in [-0.39, 0.29) is 9.79 Å². The second-order valence-corrected chi connectivity index (χ2v) is 10.7. The van der Waals surface area contributed by atoms with Crippen molar-refractivity contribution in [1.29, 1.82) is 0 Å². The van der Waals surface area contributed by atoms with Crippen LogP contribution in [0, 0.1) is 6.92 Å². The quantitative estimate of drug-likeness (QED) is 0.514. The third-order valence-corrected chi connectivity index (χ3v) is 8.18. The van der Waals surface area contributed by atoms with Crippen LogP contribution in [-0.4, -0.2) is 67.4 Å². The molecule has 2 aromatic heterocycles. The first kappa shape index (κ1) is 20.6. The Hall–Kier alpha value is -1.62. The van der Waals surface area contributed by atoms with E-state index >= 15 is 0 Å². The van der Waals surface area contributed by atoms with Gasteiger partial charge in [0.05, 0.1) is 4.90 Å². The van der Waals surface area contributed by atoms with Gasteiger partial charge in [-0.3, -0.25) is 0 Å². The Bertz CT molecular complexity index is 1150. The monoisotopic (exact) mass is 495 g/mol. The van der Waals surface area contributed by atoms with Crippen molar-refractivity contribution < 1.29 is 8.42 Å². The number of hydrogen-bond donors (Lipinski definition) is 0. The van der Waals surface area contributed by atoms with E-state index in [0.29, 0.717) is 10.7 Å². The minimum Gasteiger partial charge on any atom is -0.354 e. The van der Waals surface area contributed by atoms with Crippen LogP contribution in [-0.2, 0) is 9.84 Å². The normalized spacial score (nSPS) is 15.9. The van der Waals surface area contributed by atoms with Crippen LogP contribution in [0.15, 0.2) is 49.6 Å². The van der Waals surface area contributed by atoms with Crippen molar-refractivity contribution in [2.24, 2.45) is 0 Å². The molecule has 1 fully saturated rings. The summed E-state index contributed by atoms with van der Waals surface area (Å²) in [6, 6.07) is 8.64. The van der Waals surface area contributed by atoms with Crippen molar-refractivity contribution in [3.8, 4) is 0 Å². The molecule has 10 heteroatoms. The van der Waals surface area contributed by atoms with Crippen LogP contribution in [0.1, 0.15) is 5.69 Å². The first-order valence-electron chi connectivity index (χ1n) is 9.20. The Balaban J connectivity index is 1.92. The van der Waals surface area contributed by atoms with Crippen molar-refractivity contribution in [3.63, 3.8) is 0 Å². The van der Waals surface area contributed by atoms with Gasteiger partial charge >= 0.3 is 0 Å². The molecule has 154 valence electrons. The van der Waals surface area contributed by atoms with E-state index in [9.17, 15) is 8.42 Å². The van der Waals surface area contributed by atoms with Gasteiger partial charge in [0.15, 0.2) is 10.5 Å². The Labute approximate surface area is 183 Å². The molecule has 0 N–H and O–H groups in total.